The molecule has 0 atom stereocenters. The van der Waals surface area contributed by atoms with Gasteiger partial charge in [0.05, 0.1) is 0 Å². The summed E-state index contributed by atoms with van der Waals surface area (Å²) in [7, 11) is 0. The SMILES string of the molecule is CCCC1CCC(c2noc(CCCCC(=O)O)n2)CC1. The second-order valence-electron chi connectivity index (χ2n) is 6.15. The van der Waals surface area contributed by atoms with Crippen molar-refractivity contribution in [1.29, 1.82) is 0 Å². The Morgan fingerprint density at radius 1 is 1.29 bits per heavy atom. The molecular weight excluding hydrogens is 268 g/mol. The largest absolute Gasteiger partial charge is 0.481 e. The normalized spacial score (nSPS) is 22.3. The minimum Gasteiger partial charge on any atom is -0.481 e. The first-order valence-corrected chi connectivity index (χ1v) is 8.23. The van der Waals surface area contributed by atoms with Gasteiger partial charge in [0.15, 0.2) is 5.82 Å². The maximum atomic E-state index is 10.4. The second kappa shape index (κ2) is 8.15. The molecule has 5 heteroatoms. The minimum absolute atomic E-state index is 0.211. The molecule has 1 fully saturated rings. The van der Waals surface area contributed by atoms with Gasteiger partial charge in [-0.05, 0) is 44.4 Å². The fraction of sp³-hybridized carbons (Fsp3) is 0.812. The number of carboxylic acid groups (broad SMARTS) is 1. The number of carboxylic acids is 1. The van der Waals surface area contributed by atoms with Gasteiger partial charge in [-0.15, -0.1) is 0 Å². The summed E-state index contributed by atoms with van der Waals surface area (Å²) in [6.45, 7) is 2.25. The van der Waals surface area contributed by atoms with Gasteiger partial charge < -0.3 is 9.63 Å². The molecule has 0 unspecified atom stereocenters. The molecule has 0 bridgehead atoms. The lowest BCUT2D eigenvalue weighted by Crippen LogP contribution is -2.14. The Labute approximate surface area is 126 Å². The molecule has 1 N–H and O–H groups in total. The van der Waals surface area contributed by atoms with Crippen molar-refractivity contribution < 1.29 is 14.4 Å². The zero-order chi connectivity index (χ0) is 15.1. The summed E-state index contributed by atoms with van der Waals surface area (Å²) >= 11 is 0. The van der Waals surface area contributed by atoms with Crippen molar-refractivity contribution >= 4 is 5.97 Å². The number of nitrogens with zero attached hydrogens (tertiary/aromatic N) is 2. The standard InChI is InChI=1S/C16H26N2O3/c1-2-5-12-8-10-13(11-9-12)16-17-14(21-18-16)6-3-4-7-15(19)20/h12-13H,2-11H2,1H3,(H,19,20). The summed E-state index contributed by atoms with van der Waals surface area (Å²) < 4.78 is 5.29. The summed E-state index contributed by atoms with van der Waals surface area (Å²) in [5, 5.41) is 12.7. The fourth-order valence-corrected chi connectivity index (χ4v) is 3.21. The summed E-state index contributed by atoms with van der Waals surface area (Å²) in [5.41, 5.74) is 0. The number of aromatic nitrogens is 2. The van der Waals surface area contributed by atoms with Gasteiger partial charge in [0, 0.05) is 18.8 Å². The van der Waals surface area contributed by atoms with Crippen LogP contribution < -0.4 is 0 Å². The smallest absolute Gasteiger partial charge is 0.303 e. The monoisotopic (exact) mass is 294 g/mol. The lowest BCUT2D eigenvalue weighted by atomic mass is 9.80. The fourth-order valence-electron chi connectivity index (χ4n) is 3.21. The molecule has 1 aliphatic carbocycles. The van der Waals surface area contributed by atoms with Crippen molar-refractivity contribution in [3.8, 4) is 0 Å². The molecule has 1 aliphatic rings. The molecule has 1 heterocycles. The third-order valence-electron chi connectivity index (χ3n) is 4.42. The number of unbranched alkanes of at least 4 members (excludes halogenated alkanes) is 1. The van der Waals surface area contributed by atoms with E-state index < -0.39 is 5.97 Å². The number of carbonyl (C=O) groups is 1. The van der Waals surface area contributed by atoms with Crippen LogP contribution in [0.1, 0.15) is 82.3 Å². The average molecular weight is 294 g/mol. The molecule has 0 spiro atoms. The van der Waals surface area contributed by atoms with Crippen molar-refractivity contribution in [1.82, 2.24) is 10.1 Å². The Kier molecular flexibility index (Phi) is 6.21. The third-order valence-corrected chi connectivity index (χ3v) is 4.42. The van der Waals surface area contributed by atoms with Crippen molar-refractivity contribution in [3.05, 3.63) is 11.7 Å². The highest BCUT2D eigenvalue weighted by Crippen LogP contribution is 2.36. The van der Waals surface area contributed by atoms with E-state index in [0.717, 1.165) is 18.2 Å². The Bertz CT molecular complexity index is 436. The van der Waals surface area contributed by atoms with Crippen LogP contribution in [0.15, 0.2) is 4.52 Å². The van der Waals surface area contributed by atoms with Gasteiger partial charge in [-0.2, -0.15) is 4.98 Å². The van der Waals surface area contributed by atoms with Gasteiger partial charge in [0.25, 0.3) is 0 Å². The van der Waals surface area contributed by atoms with Crippen LogP contribution in [0.3, 0.4) is 0 Å². The van der Waals surface area contributed by atoms with E-state index in [2.05, 4.69) is 17.1 Å². The van der Waals surface area contributed by atoms with Crippen molar-refractivity contribution in [3.63, 3.8) is 0 Å². The van der Waals surface area contributed by atoms with E-state index in [-0.39, 0.29) is 6.42 Å². The molecule has 118 valence electrons. The van der Waals surface area contributed by atoms with Crippen LogP contribution >= 0.6 is 0 Å². The third kappa shape index (κ3) is 5.14. The summed E-state index contributed by atoms with van der Waals surface area (Å²) in [4.78, 5) is 14.9. The Hall–Kier alpha value is -1.39. The lowest BCUT2D eigenvalue weighted by Gasteiger charge is -2.26. The van der Waals surface area contributed by atoms with E-state index >= 15 is 0 Å². The molecule has 1 aromatic rings. The van der Waals surface area contributed by atoms with Gasteiger partial charge >= 0.3 is 5.97 Å². The summed E-state index contributed by atoms with van der Waals surface area (Å²) in [5.74, 6) is 2.11. The van der Waals surface area contributed by atoms with Gasteiger partial charge in [0.2, 0.25) is 5.89 Å². The van der Waals surface area contributed by atoms with Gasteiger partial charge in [-0.3, -0.25) is 4.79 Å². The first-order valence-electron chi connectivity index (χ1n) is 8.23. The molecule has 5 nitrogen and oxygen atoms in total. The maximum absolute atomic E-state index is 10.4. The molecule has 1 saturated carbocycles. The zero-order valence-electron chi connectivity index (χ0n) is 12.9. The van der Waals surface area contributed by atoms with Crippen LogP contribution in [0, 0.1) is 5.92 Å². The zero-order valence-corrected chi connectivity index (χ0v) is 12.9. The Balaban J connectivity index is 1.74. The summed E-state index contributed by atoms with van der Waals surface area (Å²) in [6.07, 6.45) is 9.86. The van der Waals surface area contributed by atoms with Crippen molar-refractivity contribution in [2.24, 2.45) is 5.92 Å². The van der Waals surface area contributed by atoms with E-state index in [1.807, 2.05) is 0 Å². The van der Waals surface area contributed by atoms with Crippen LogP contribution in [-0.2, 0) is 11.2 Å². The van der Waals surface area contributed by atoms with Gasteiger partial charge in [0.1, 0.15) is 0 Å². The molecule has 0 saturated heterocycles. The molecule has 21 heavy (non-hydrogen) atoms. The average Bonchev–Trinajstić information content (AvgIpc) is 2.93. The van der Waals surface area contributed by atoms with Crippen LogP contribution in [0.4, 0.5) is 0 Å². The predicted molar refractivity (Wildman–Crippen MR) is 79.1 cm³/mol. The predicted octanol–water partition coefficient (Wildman–Crippen LogP) is 3.94. The topological polar surface area (TPSA) is 76.2 Å². The van der Waals surface area contributed by atoms with Gasteiger partial charge in [-0.1, -0.05) is 24.9 Å². The Morgan fingerprint density at radius 2 is 2.05 bits per heavy atom. The van der Waals surface area contributed by atoms with Gasteiger partial charge in [-0.25, -0.2) is 0 Å². The molecule has 0 aromatic carbocycles. The highest BCUT2D eigenvalue weighted by molar-refractivity contribution is 5.66. The number of aryl methyl sites for hydroxylation is 1. The summed E-state index contributed by atoms with van der Waals surface area (Å²) in [6, 6.07) is 0. The highest BCUT2D eigenvalue weighted by atomic mass is 16.5. The quantitative estimate of drug-likeness (QED) is 0.735. The van der Waals surface area contributed by atoms with E-state index in [0.29, 0.717) is 24.7 Å². The number of hydrogen-bond donors (Lipinski definition) is 1. The maximum Gasteiger partial charge on any atom is 0.303 e. The van der Waals surface area contributed by atoms with Crippen LogP contribution in [0.2, 0.25) is 0 Å². The van der Waals surface area contributed by atoms with E-state index in [1.54, 1.807) is 0 Å². The molecular formula is C16H26N2O3. The molecule has 1 aromatic heterocycles. The van der Waals surface area contributed by atoms with Crippen LogP contribution in [0.25, 0.3) is 0 Å². The van der Waals surface area contributed by atoms with Crippen molar-refractivity contribution in [2.75, 3.05) is 0 Å². The number of hydrogen-bond acceptors (Lipinski definition) is 4. The van der Waals surface area contributed by atoms with Crippen molar-refractivity contribution in [2.45, 2.75) is 77.0 Å². The molecule has 0 aliphatic heterocycles. The molecule has 2 rings (SSSR count). The lowest BCUT2D eigenvalue weighted by molar-refractivity contribution is -0.137. The Morgan fingerprint density at radius 3 is 2.71 bits per heavy atom. The first kappa shape index (κ1) is 16.0. The second-order valence-corrected chi connectivity index (χ2v) is 6.15. The van der Waals surface area contributed by atoms with E-state index in [1.165, 1.54) is 38.5 Å². The molecule has 0 amide bonds. The highest BCUT2D eigenvalue weighted by Gasteiger charge is 2.25. The number of aliphatic carboxylic acids is 1. The number of rotatable bonds is 8. The minimum atomic E-state index is -0.745. The van der Waals surface area contributed by atoms with E-state index in [9.17, 15) is 4.79 Å². The first-order chi connectivity index (χ1) is 10.2. The molecule has 0 radical (unpaired) electrons. The van der Waals surface area contributed by atoms with Crippen LogP contribution in [-0.4, -0.2) is 21.2 Å². The van der Waals surface area contributed by atoms with Crippen LogP contribution in [0.5, 0.6) is 0 Å². The van der Waals surface area contributed by atoms with E-state index in [4.69, 9.17) is 9.63 Å².